The van der Waals surface area contributed by atoms with Crippen LogP contribution in [0.25, 0.3) is 27.2 Å². The number of aromatic nitrogens is 1. The van der Waals surface area contributed by atoms with Gasteiger partial charge in [0.25, 0.3) is 0 Å². The van der Waals surface area contributed by atoms with E-state index in [4.69, 9.17) is 11.6 Å². The molecule has 0 saturated carbocycles. The first-order chi connectivity index (χ1) is 15.1. The third kappa shape index (κ3) is 3.73. The van der Waals surface area contributed by atoms with Gasteiger partial charge in [-0.1, -0.05) is 59.7 Å². The zero-order valence-corrected chi connectivity index (χ0v) is 18.3. The molecule has 0 atom stereocenters. The molecule has 6 rings (SSSR count). The van der Waals surface area contributed by atoms with Gasteiger partial charge < -0.3 is 5.21 Å². The Morgan fingerprint density at radius 3 is 2.61 bits per heavy atom. The van der Waals surface area contributed by atoms with Crippen molar-refractivity contribution in [3.05, 3.63) is 112 Å². The van der Waals surface area contributed by atoms with E-state index >= 15 is 0 Å². The lowest BCUT2D eigenvalue weighted by Crippen LogP contribution is -2.25. The normalized spacial score (nSPS) is 14.8. The Labute approximate surface area is 187 Å². The summed E-state index contributed by atoms with van der Waals surface area (Å²) in [6.45, 7) is 2.11. The van der Waals surface area contributed by atoms with Crippen molar-refractivity contribution < 1.29 is 4.73 Å². The Morgan fingerprint density at radius 2 is 1.74 bits per heavy atom. The van der Waals surface area contributed by atoms with Gasteiger partial charge in [0.05, 0.1) is 0 Å². The molecule has 2 aliphatic rings. The number of hydrogen-bond donors (Lipinski definition) is 0. The number of allylic oxidation sites excluding steroid dienone is 4. The van der Waals surface area contributed by atoms with Crippen LogP contribution in [0.5, 0.6) is 0 Å². The van der Waals surface area contributed by atoms with E-state index in [1.807, 2.05) is 30.3 Å². The van der Waals surface area contributed by atoms with Crippen LogP contribution in [0.4, 0.5) is 0 Å². The Morgan fingerprint density at radius 1 is 0.903 bits per heavy atom. The van der Waals surface area contributed by atoms with E-state index in [1.165, 1.54) is 58.5 Å². The van der Waals surface area contributed by atoms with Gasteiger partial charge in [0, 0.05) is 27.9 Å². The third-order valence-corrected chi connectivity index (χ3v) is 6.54. The highest BCUT2D eigenvalue weighted by molar-refractivity contribution is 6.36. The average molecular weight is 426 g/mol. The van der Waals surface area contributed by atoms with Crippen molar-refractivity contribution in [1.82, 2.24) is 0 Å². The van der Waals surface area contributed by atoms with E-state index in [0.29, 0.717) is 0 Å². The van der Waals surface area contributed by atoms with Gasteiger partial charge in [0.1, 0.15) is 0 Å². The fourth-order valence-electron chi connectivity index (χ4n) is 4.80. The second kappa shape index (κ2) is 8.20. The van der Waals surface area contributed by atoms with E-state index in [2.05, 4.69) is 43.3 Å². The standard InChI is InChI=1S/C19H17Cl.C9H7NO/c1-12-10-14-7-8-16-15-5-3-2-4-13(15)6-9-17(16)19(14)18(20)11-12;11-10-7-3-5-8-4-1-2-6-9(8)10/h3,5,7-8,10-11H,2,4,6,9H2,1H3;1-7H. The topological polar surface area (TPSA) is 26.9 Å². The number of rotatable bonds is 0. The summed E-state index contributed by atoms with van der Waals surface area (Å²) in [5.74, 6) is 0. The highest BCUT2D eigenvalue weighted by Gasteiger charge is 2.21. The molecule has 0 bridgehead atoms. The van der Waals surface area contributed by atoms with Crippen molar-refractivity contribution in [3.63, 3.8) is 0 Å². The number of nitrogens with zero attached hydrogens (tertiary/aromatic N) is 1. The predicted octanol–water partition coefficient (Wildman–Crippen LogP) is 7.32. The van der Waals surface area contributed by atoms with Crippen LogP contribution in [0, 0.1) is 12.1 Å². The molecule has 1 aromatic heterocycles. The summed E-state index contributed by atoms with van der Waals surface area (Å²) in [6, 6.07) is 20.0. The van der Waals surface area contributed by atoms with Gasteiger partial charge in [-0.3, -0.25) is 0 Å². The number of aryl methyl sites for hydroxylation is 2. The largest absolute Gasteiger partial charge is 0.618 e. The molecule has 0 N–H and O–H groups in total. The van der Waals surface area contributed by atoms with Gasteiger partial charge in [-0.15, -0.1) is 0 Å². The molecule has 3 aromatic carbocycles. The maximum atomic E-state index is 11.1. The molecule has 0 spiro atoms. The van der Waals surface area contributed by atoms with Crippen LogP contribution < -0.4 is 4.73 Å². The second-order valence-electron chi connectivity index (χ2n) is 8.29. The molecule has 0 saturated heterocycles. The maximum absolute atomic E-state index is 11.1. The Balaban J connectivity index is 0.000000157. The van der Waals surface area contributed by atoms with E-state index < -0.39 is 0 Å². The van der Waals surface area contributed by atoms with Crippen LogP contribution in [0.2, 0.25) is 5.02 Å². The minimum atomic E-state index is 0.718. The highest BCUT2D eigenvalue weighted by atomic mass is 35.5. The van der Waals surface area contributed by atoms with Crippen molar-refractivity contribution in [3.8, 4) is 0 Å². The molecule has 2 nitrogen and oxygen atoms in total. The predicted molar refractivity (Wildman–Crippen MR) is 130 cm³/mol. The van der Waals surface area contributed by atoms with Gasteiger partial charge >= 0.3 is 0 Å². The molecule has 3 heteroatoms. The first kappa shape index (κ1) is 19.8. The zero-order chi connectivity index (χ0) is 21.4. The SMILES string of the molecule is Cc1cc(Cl)c2c3c(ccc2c1)C1=C(CCC=C1)CC3.[O-][n+]1cccc2ccccc21. The van der Waals surface area contributed by atoms with Crippen LogP contribution in [-0.4, -0.2) is 0 Å². The van der Waals surface area contributed by atoms with Gasteiger partial charge in [-0.2, -0.15) is 4.73 Å². The highest BCUT2D eigenvalue weighted by Crippen LogP contribution is 2.41. The Kier molecular flexibility index (Phi) is 5.25. The van der Waals surface area contributed by atoms with Crippen LogP contribution in [-0.2, 0) is 6.42 Å². The zero-order valence-electron chi connectivity index (χ0n) is 17.6. The van der Waals surface area contributed by atoms with Crippen molar-refractivity contribution >= 4 is 38.8 Å². The second-order valence-corrected chi connectivity index (χ2v) is 8.69. The maximum Gasteiger partial charge on any atom is 0.223 e. The Hall–Kier alpha value is -3.10. The number of halogens is 1. The average Bonchev–Trinajstić information content (AvgIpc) is 2.79. The monoisotopic (exact) mass is 425 g/mol. The minimum absolute atomic E-state index is 0.718. The first-order valence-corrected chi connectivity index (χ1v) is 11.2. The summed E-state index contributed by atoms with van der Waals surface area (Å²) >= 11 is 6.54. The third-order valence-electron chi connectivity index (χ3n) is 6.24. The first-order valence-electron chi connectivity index (χ1n) is 10.8. The molecule has 31 heavy (non-hydrogen) atoms. The van der Waals surface area contributed by atoms with Crippen molar-refractivity contribution in [2.45, 2.75) is 32.6 Å². The van der Waals surface area contributed by atoms with Gasteiger partial charge in [0.2, 0.25) is 5.52 Å². The quantitative estimate of drug-likeness (QED) is 0.214. The number of fused-ring (bicyclic) bond motifs is 5. The van der Waals surface area contributed by atoms with Gasteiger partial charge in [0.15, 0.2) is 6.20 Å². The van der Waals surface area contributed by atoms with Gasteiger partial charge in [-0.05, 0) is 78.5 Å². The van der Waals surface area contributed by atoms with E-state index in [0.717, 1.165) is 27.1 Å². The number of hydrogen-bond acceptors (Lipinski definition) is 1. The molecule has 154 valence electrons. The molecular formula is C28H24ClNO. The fraction of sp³-hybridized carbons (Fsp3) is 0.179. The van der Waals surface area contributed by atoms with Crippen molar-refractivity contribution in [1.29, 1.82) is 0 Å². The lowest BCUT2D eigenvalue weighted by molar-refractivity contribution is -0.577. The molecule has 0 radical (unpaired) electrons. The molecule has 4 aromatic rings. The van der Waals surface area contributed by atoms with Gasteiger partial charge in [-0.25, -0.2) is 0 Å². The number of benzene rings is 3. The summed E-state index contributed by atoms with van der Waals surface area (Å²) in [6.07, 6.45) is 10.9. The fourth-order valence-corrected chi connectivity index (χ4v) is 5.20. The molecule has 0 amide bonds. The van der Waals surface area contributed by atoms with E-state index in [1.54, 1.807) is 11.6 Å². The summed E-state index contributed by atoms with van der Waals surface area (Å²) in [5, 5.41) is 15.5. The van der Waals surface area contributed by atoms with Crippen LogP contribution in [0.15, 0.2) is 84.6 Å². The minimum Gasteiger partial charge on any atom is -0.618 e. The van der Waals surface area contributed by atoms with Crippen LogP contribution in [0.1, 0.15) is 36.0 Å². The molecule has 0 fully saturated rings. The molecule has 1 heterocycles. The van der Waals surface area contributed by atoms with Crippen LogP contribution in [0.3, 0.4) is 0 Å². The van der Waals surface area contributed by atoms with Crippen molar-refractivity contribution in [2.75, 3.05) is 0 Å². The van der Waals surface area contributed by atoms with Crippen molar-refractivity contribution in [2.24, 2.45) is 0 Å². The van der Waals surface area contributed by atoms with Crippen LogP contribution >= 0.6 is 11.6 Å². The molecule has 2 aliphatic carbocycles. The summed E-state index contributed by atoms with van der Waals surface area (Å²) in [4.78, 5) is 0. The molecule has 0 aliphatic heterocycles. The van der Waals surface area contributed by atoms with E-state index in [9.17, 15) is 5.21 Å². The lowest BCUT2D eigenvalue weighted by atomic mass is 9.79. The summed E-state index contributed by atoms with van der Waals surface area (Å²) in [5.41, 5.74) is 7.88. The Bertz CT molecular complexity index is 1360. The summed E-state index contributed by atoms with van der Waals surface area (Å²) < 4.78 is 0.870. The smallest absolute Gasteiger partial charge is 0.223 e. The molecular weight excluding hydrogens is 402 g/mol. The summed E-state index contributed by atoms with van der Waals surface area (Å²) in [7, 11) is 0. The number of para-hydroxylation sites is 1. The lowest BCUT2D eigenvalue weighted by Gasteiger charge is -2.25. The van der Waals surface area contributed by atoms with E-state index in [-0.39, 0.29) is 0 Å². The number of pyridine rings is 1. The molecule has 0 unspecified atom stereocenters.